The van der Waals surface area contributed by atoms with E-state index in [0.717, 1.165) is 22.5 Å². The molecule has 2 heterocycles. The smallest absolute Gasteiger partial charge is 0.226 e. The van der Waals surface area contributed by atoms with Crippen LogP contribution in [0, 0.1) is 13.8 Å². The van der Waals surface area contributed by atoms with Gasteiger partial charge in [-0.25, -0.2) is 4.98 Å². The third-order valence-electron chi connectivity index (χ3n) is 4.20. The number of ether oxygens (including phenoxy) is 1. The van der Waals surface area contributed by atoms with Crippen LogP contribution in [0.25, 0.3) is 17.1 Å². The first-order valence-corrected chi connectivity index (χ1v) is 9.70. The summed E-state index contributed by atoms with van der Waals surface area (Å²) >= 11 is 1.49. The van der Waals surface area contributed by atoms with Crippen LogP contribution in [-0.4, -0.2) is 32.3 Å². The normalized spacial score (nSPS) is 11.0. The highest BCUT2D eigenvalue weighted by atomic mass is 32.2. The molecule has 0 saturated heterocycles. The van der Waals surface area contributed by atoms with E-state index in [1.165, 1.54) is 17.3 Å². The molecule has 0 spiro atoms. The Labute approximate surface area is 166 Å². The van der Waals surface area contributed by atoms with Crippen LogP contribution in [0.2, 0.25) is 0 Å². The van der Waals surface area contributed by atoms with Crippen molar-refractivity contribution >= 4 is 11.8 Å². The van der Waals surface area contributed by atoms with E-state index in [1.807, 2.05) is 49.4 Å². The molecule has 8 heteroatoms. The average molecular weight is 393 g/mol. The zero-order valence-electron chi connectivity index (χ0n) is 15.8. The van der Waals surface area contributed by atoms with Gasteiger partial charge in [0.1, 0.15) is 17.7 Å². The Morgan fingerprint density at radius 2 is 1.86 bits per heavy atom. The van der Waals surface area contributed by atoms with E-state index in [9.17, 15) is 0 Å². The Bertz CT molecular complexity index is 1090. The van der Waals surface area contributed by atoms with Crippen molar-refractivity contribution in [3.05, 3.63) is 65.5 Å². The maximum absolute atomic E-state index is 5.62. The van der Waals surface area contributed by atoms with Gasteiger partial charge in [0.2, 0.25) is 11.0 Å². The summed E-state index contributed by atoms with van der Waals surface area (Å²) in [4.78, 5) is 4.57. The zero-order chi connectivity index (χ0) is 19.5. The second kappa shape index (κ2) is 7.85. The van der Waals surface area contributed by atoms with Crippen LogP contribution in [0.15, 0.2) is 58.3 Å². The van der Waals surface area contributed by atoms with E-state index in [1.54, 1.807) is 18.1 Å². The Morgan fingerprint density at radius 1 is 1.07 bits per heavy atom. The summed E-state index contributed by atoms with van der Waals surface area (Å²) in [5.74, 6) is 1.91. The molecule has 28 heavy (non-hydrogen) atoms. The molecule has 7 nitrogen and oxygen atoms in total. The zero-order valence-corrected chi connectivity index (χ0v) is 16.6. The Kier molecular flexibility index (Phi) is 5.12. The highest BCUT2D eigenvalue weighted by molar-refractivity contribution is 7.98. The van der Waals surface area contributed by atoms with Crippen LogP contribution in [-0.2, 0) is 5.75 Å². The van der Waals surface area contributed by atoms with E-state index in [2.05, 4.69) is 27.4 Å². The first-order valence-electron chi connectivity index (χ1n) is 8.71. The van der Waals surface area contributed by atoms with Gasteiger partial charge in [0.15, 0.2) is 0 Å². The van der Waals surface area contributed by atoms with Gasteiger partial charge in [-0.2, -0.15) is 4.68 Å². The number of aromatic nitrogens is 5. The third-order valence-corrected chi connectivity index (χ3v) is 5.16. The number of hydrogen-bond acceptors (Lipinski definition) is 7. The summed E-state index contributed by atoms with van der Waals surface area (Å²) < 4.78 is 12.8. The second-order valence-corrected chi connectivity index (χ2v) is 7.29. The summed E-state index contributed by atoms with van der Waals surface area (Å²) in [6, 6.07) is 14.0. The molecule has 0 atom stereocenters. The average Bonchev–Trinajstić information content (AvgIpc) is 3.36. The van der Waals surface area contributed by atoms with Gasteiger partial charge in [-0.05, 0) is 54.1 Å². The predicted molar refractivity (Wildman–Crippen MR) is 107 cm³/mol. The van der Waals surface area contributed by atoms with Crippen LogP contribution in [0.1, 0.15) is 16.8 Å². The largest absolute Gasteiger partial charge is 0.494 e. The fourth-order valence-electron chi connectivity index (χ4n) is 2.73. The van der Waals surface area contributed by atoms with Crippen LogP contribution >= 0.6 is 11.8 Å². The topological polar surface area (TPSA) is 78.9 Å². The van der Waals surface area contributed by atoms with Gasteiger partial charge in [0, 0.05) is 11.3 Å². The van der Waals surface area contributed by atoms with Crippen molar-refractivity contribution in [2.75, 3.05) is 7.11 Å². The van der Waals surface area contributed by atoms with Gasteiger partial charge in [-0.15, -0.1) is 5.10 Å². The molecule has 0 aliphatic carbocycles. The fraction of sp³-hybridized carbons (Fsp3) is 0.200. The SMILES string of the molecule is COc1ccc(C)cc1-n1nnnc1SCc1coc(-c2ccc(C)cc2)n1. The lowest BCUT2D eigenvalue weighted by Crippen LogP contribution is -2.02. The number of oxazole rings is 1. The lowest BCUT2D eigenvalue weighted by molar-refractivity contribution is 0.410. The number of methoxy groups -OCH3 is 1. The van der Waals surface area contributed by atoms with Crippen LogP contribution in [0.5, 0.6) is 5.75 Å². The number of benzene rings is 2. The van der Waals surface area contributed by atoms with Gasteiger partial charge < -0.3 is 9.15 Å². The predicted octanol–water partition coefficient (Wildman–Crippen LogP) is 4.24. The van der Waals surface area contributed by atoms with Gasteiger partial charge in [-0.3, -0.25) is 0 Å². The number of thioether (sulfide) groups is 1. The maximum atomic E-state index is 5.62. The van der Waals surface area contributed by atoms with Crippen molar-refractivity contribution in [2.24, 2.45) is 0 Å². The lowest BCUT2D eigenvalue weighted by Gasteiger charge is -2.10. The molecule has 0 unspecified atom stereocenters. The molecule has 0 radical (unpaired) electrons. The van der Waals surface area contributed by atoms with E-state index >= 15 is 0 Å². The van der Waals surface area contributed by atoms with Crippen molar-refractivity contribution in [3.63, 3.8) is 0 Å². The Balaban J connectivity index is 1.52. The van der Waals surface area contributed by atoms with Crippen molar-refractivity contribution in [1.29, 1.82) is 0 Å². The molecule has 0 saturated carbocycles. The Morgan fingerprint density at radius 3 is 2.64 bits per heavy atom. The van der Waals surface area contributed by atoms with Gasteiger partial charge in [0.25, 0.3) is 0 Å². The number of nitrogens with zero attached hydrogens (tertiary/aromatic N) is 5. The van der Waals surface area contributed by atoms with Crippen molar-refractivity contribution in [1.82, 2.24) is 25.2 Å². The van der Waals surface area contributed by atoms with Crippen molar-refractivity contribution in [3.8, 4) is 22.9 Å². The molecule has 2 aromatic carbocycles. The van der Waals surface area contributed by atoms with Crippen molar-refractivity contribution < 1.29 is 9.15 Å². The van der Waals surface area contributed by atoms with E-state index < -0.39 is 0 Å². The summed E-state index contributed by atoms with van der Waals surface area (Å²) in [7, 11) is 1.63. The molecule has 0 amide bonds. The minimum Gasteiger partial charge on any atom is -0.494 e. The molecule has 0 aliphatic heterocycles. The number of rotatable bonds is 6. The highest BCUT2D eigenvalue weighted by Gasteiger charge is 2.15. The molecular formula is C20H19N5O2S. The standard InChI is InChI=1S/C20H19N5O2S/c1-13-4-7-15(8-5-13)19-21-16(11-27-19)12-28-20-22-23-24-25(20)17-10-14(2)6-9-18(17)26-3/h4-11H,12H2,1-3H3. The molecule has 142 valence electrons. The van der Waals surface area contributed by atoms with Crippen molar-refractivity contribution in [2.45, 2.75) is 24.8 Å². The molecule has 2 aromatic heterocycles. The molecule has 4 rings (SSSR count). The minimum absolute atomic E-state index is 0.587. The third kappa shape index (κ3) is 3.77. The second-order valence-electron chi connectivity index (χ2n) is 6.35. The molecule has 0 fully saturated rings. The number of tetrazole rings is 1. The summed E-state index contributed by atoms with van der Waals surface area (Å²) in [5, 5.41) is 12.7. The van der Waals surface area contributed by atoms with Crippen LogP contribution in [0.4, 0.5) is 0 Å². The molecule has 0 N–H and O–H groups in total. The number of hydrogen-bond donors (Lipinski definition) is 0. The van der Waals surface area contributed by atoms with Crippen LogP contribution in [0.3, 0.4) is 0 Å². The maximum Gasteiger partial charge on any atom is 0.226 e. The Hall–Kier alpha value is -3.13. The first-order chi connectivity index (χ1) is 13.6. The van der Waals surface area contributed by atoms with Crippen LogP contribution < -0.4 is 4.74 Å². The lowest BCUT2D eigenvalue weighted by atomic mass is 10.1. The van der Waals surface area contributed by atoms with Gasteiger partial charge in [-0.1, -0.05) is 35.5 Å². The van der Waals surface area contributed by atoms with E-state index in [0.29, 0.717) is 22.5 Å². The monoisotopic (exact) mass is 393 g/mol. The molecular weight excluding hydrogens is 374 g/mol. The van der Waals surface area contributed by atoms with Gasteiger partial charge >= 0.3 is 0 Å². The fourth-order valence-corrected chi connectivity index (χ4v) is 3.49. The van der Waals surface area contributed by atoms with E-state index in [-0.39, 0.29) is 0 Å². The molecule has 0 bridgehead atoms. The summed E-state index contributed by atoms with van der Waals surface area (Å²) in [5.41, 5.74) is 4.88. The quantitative estimate of drug-likeness (QED) is 0.453. The van der Waals surface area contributed by atoms with E-state index in [4.69, 9.17) is 9.15 Å². The van der Waals surface area contributed by atoms with Gasteiger partial charge in [0.05, 0.1) is 12.8 Å². The molecule has 0 aliphatic rings. The molecule has 4 aromatic rings. The summed E-state index contributed by atoms with van der Waals surface area (Å²) in [6.45, 7) is 4.07. The number of aryl methyl sites for hydroxylation is 2. The highest BCUT2D eigenvalue weighted by Crippen LogP contribution is 2.29. The minimum atomic E-state index is 0.587. The summed E-state index contributed by atoms with van der Waals surface area (Å²) in [6.07, 6.45) is 1.67. The first kappa shape index (κ1) is 18.2.